The second kappa shape index (κ2) is 6.06. The van der Waals surface area contributed by atoms with Gasteiger partial charge in [-0.25, -0.2) is 4.39 Å². The molecule has 120 valence electrons. The van der Waals surface area contributed by atoms with Crippen molar-refractivity contribution in [3.05, 3.63) is 71.0 Å². The van der Waals surface area contributed by atoms with E-state index in [-0.39, 0.29) is 11.2 Å². The number of ether oxygens (including phenoxy) is 1. The van der Waals surface area contributed by atoms with Gasteiger partial charge in [0.25, 0.3) is 0 Å². The van der Waals surface area contributed by atoms with Crippen molar-refractivity contribution in [3.8, 4) is 0 Å². The minimum absolute atomic E-state index is 0.100. The zero-order chi connectivity index (χ0) is 15.7. The van der Waals surface area contributed by atoms with E-state index in [4.69, 9.17) is 4.74 Å². The lowest BCUT2D eigenvalue weighted by atomic mass is 9.79. The number of benzene rings is 2. The van der Waals surface area contributed by atoms with E-state index < -0.39 is 0 Å². The maximum absolute atomic E-state index is 13.6. The standard InChI is InChI=1S/C20H22FNO/c21-18-7-3-6-17(12-18)20(8-9-23-14-20)13-22-19-10-15-4-1-2-5-16(15)11-19/h1-7,12,19,22H,8-11,13-14H2. The Labute approximate surface area is 136 Å². The number of fused-ring (bicyclic) bond motifs is 1. The van der Waals surface area contributed by atoms with Gasteiger partial charge >= 0.3 is 0 Å². The summed E-state index contributed by atoms with van der Waals surface area (Å²) in [5, 5.41) is 3.73. The highest BCUT2D eigenvalue weighted by molar-refractivity contribution is 5.34. The van der Waals surface area contributed by atoms with Crippen LogP contribution in [0, 0.1) is 5.82 Å². The summed E-state index contributed by atoms with van der Waals surface area (Å²) in [5.41, 5.74) is 3.86. The fourth-order valence-electron chi connectivity index (χ4n) is 3.94. The van der Waals surface area contributed by atoms with Crippen LogP contribution in [0.5, 0.6) is 0 Å². The van der Waals surface area contributed by atoms with Gasteiger partial charge in [-0.15, -0.1) is 0 Å². The van der Waals surface area contributed by atoms with Gasteiger partial charge in [-0.2, -0.15) is 0 Å². The number of halogens is 1. The Hall–Kier alpha value is -1.71. The SMILES string of the molecule is Fc1cccc(C2(CNC3Cc4ccccc4C3)CCOC2)c1. The number of hydrogen-bond acceptors (Lipinski definition) is 2. The van der Waals surface area contributed by atoms with Crippen molar-refractivity contribution in [2.45, 2.75) is 30.7 Å². The maximum atomic E-state index is 13.6. The average Bonchev–Trinajstić information content (AvgIpc) is 3.20. The van der Waals surface area contributed by atoms with Crippen LogP contribution in [0.2, 0.25) is 0 Å². The highest BCUT2D eigenvalue weighted by atomic mass is 19.1. The minimum atomic E-state index is -0.165. The average molecular weight is 311 g/mol. The van der Waals surface area contributed by atoms with Crippen molar-refractivity contribution in [3.63, 3.8) is 0 Å². The Morgan fingerprint density at radius 1 is 1.09 bits per heavy atom. The Kier molecular flexibility index (Phi) is 3.92. The van der Waals surface area contributed by atoms with Gasteiger partial charge in [0, 0.05) is 24.6 Å². The summed E-state index contributed by atoms with van der Waals surface area (Å²) in [4.78, 5) is 0. The largest absolute Gasteiger partial charge is 0.380 e. The highest BCUT2D eigenvalue weighted by Gasteiger charge is 2.37. The predicted octanol–water partition coefficient (Wildman–Crippen LogP) is 3.24. The Balaban J connectivity index is 1.48. The van der Waals surface area contributed by atoms with Crippen molar-refractivity contribution >= 4 is 0 Å². The molecule has 23 heavy (non-hydrogen) atoms. The second-order valence-electron chi connectivity index (χ2n) is 6.85. The third kappa shape index (κ3) is 2.91. The molecular weight excluding hydrogens is 289 g/mol. The first-order valence-corrected chi connectivity index (χ1v) is 8.39. The molecule has 2 aromatic rings. The van der Waals surface area contributed by atoms with E-state index in [0.717, 1.165) is 38.0 Å². The van der Waals surface area contributed by atoms with Gasteiger partial charge in [-0.05, 0) is 48.1 Å². The topological polar surface area (TPSA) is 21.3 Å². The van der Waals surface area contributed by atoms with E-state index in [2.05, 4.69) is 29.6 Å². The number of rotatable bonds is 4. The summed E-state index contributed by atoms with van der Waals surface area (Å²) >= 11 is 0. The molecule has 0 saturated carbocycles. The zero-order valence-electron chi connectivity index (χ0n) is 13.2. The first-order chi connectivity index (χ1) is 11.3. The quantitative estimate of drug-likeness (QED) is 0.936. The first kappa shape index (κ1) is 14.9. The molecule has 3 heteroatoms. The Morgan fingerprint density at radius 2 is 1.87 bits per heavy atom. The van der Waals surface area contributed by atoms with Crippen molar-refractivity contribution < 1.29 is 9.13 Å². The molecule has 2 aromatic carbocycles. The molecule has 1 aliphatic carbocycles. The van der Waals surface area contributed by atoms with Crippen LogP contribution in [0.15, 0.2) is 48.5 Å². The molecule has 1 heterocycles. The van der Waals surface area contributed by atoms with E-state index in [1.165, 1.54) is 17.2 Å². The van der Waals surface area contributed by atoms with Gasteiger partial charge < -0.3 is 10.1 Å². The molecule has 2 nitrogen and oxygen atoms in total. The van der Waals surface area contributed by atoms with Gasteiger partial charge in [0.1, 0.15) is 5.82 Å². The van der Waals surface area contributed by atoms with Crippen LogP contribution in [0.1, 0.15) is 23.1 Å². The highest BCUT2D eigenvalue weighted by Crippen LogP contribution is 2.33. The Bertz CT molecular complexity index is 669. The third-order valence-corrected chi connectivity index (χ3v) is 5.32. The van der Waals surface area contributed by atoms with Crippen LogP contribution in [-0.2, 0) is 23.0 Å². The zero-order valence-corrected chi connectivity index (χ0v) is 13.2. The lowest BCUT2D eigenvalue weighted by Crippen LogP contribution is -2.43. The molecule has 1 saturated heterocycles. The molecule has 1 fully saturated rings. The van der Waals surface area contributed by atoms with Crippen LogP contribution in [0.3, 0.4) is 0 Å². The van der Waals surface area contributed by atoms with Crippen molar-refractivity contribution in [2.24, 2.45) is 0 Å². The van der Waals surface area contributed by atoms with Crippen LogP contribution in [-0.4, -0.2) is 25.8 Å². The fraction of sp³-hybridized carbons (Fsp3) is 0.400. The van der Waals surface area contributed by atoms with Crippen LogP contribution in [0.4, 0.5) is 4.39 Å². The number of nitrogens with one attached hydrogen (secondary N) is 1. The molecule has 1 N–H and O–H groups in total. The molecule has 0 spiro atoms. The lowest BCUT2D eigenvalue weighted by Gasteiger charge is -2.30. The number of hydrogen-bond donors (Lipinski definition) is 1. The predicted molar refractivity (Wildman–Crippen MR) is 89.2 cm³/mol. The van der Waals surface area contributed by atoms with Gasteiger partial charge in [0.2, 0.25) is 0 Å². The molecule has 1 aliphatic heterocycles. The molecule has 0 aromatic heterocycles. The van der Waals surface area contributed by atoms with Gasteiger partial charge in [-0.1, -0.05) is 36.4 Å². The molecule has 4 rings (SSSR count). The van der Waals surface area contributed by atoms with Crippen LogP contribution in [0.25, 0.3) is 0 Å². The summed E-state index contributed by atoms with van der Waals surface area (Å²) in [5.74, 6) is -0.165. The molecule has 0 bridgehead atoms. The fourth-order valence-corrected chi connectivity index (χ4v) is 3.94. The van der Waals surface area contributed by atoms with E-state index in [0.29, 0.717) is 12.6 Å². The summed E-state index contributed by atoms with van der Waals surface area (Å²) in [6, 6.07) is 16.1. The summed E-state index contributed by atoms with van der Waals surface area (Å²) in [6.45, 7) is 2.27. The molecule has 0 radical (unpaired) electrons. The second-order valence-corrected chi connectivity index (χ2v) is 6.85. The molecule has 1 unspecified atom stereocenters. The van der Waals surface area contributed by atoms with Crippen molar-refractivity contribution in [1.29, 1.82) is 0 Å². The van der Waals surface area contributed by atoms with E-state index in [9.17, 15) is 4.39 Å². The summed E-state index contributed by atoms with van der Waals surface area (Å²) in [6.07, 6.45) is 3.11. The smallest absolute Gasteiger partial charge is 0.123 e. The van der Waals surface area contributed by atoms with Gasteiger partial charge in [0.15, 0.2) is 0 Å². The van der Waals surface area contributed by atoms with Crippen molar-refractivity contribution in [2.75, 3.05) is 19.8 Å². The van der Waals surface area contributed by atoms with Crippen LogP contribution >= 0.6 is 0 Å². The third-order valence-electron chi connectivity index (χ3n) is 5.32. The molecule has 0 amide bonds. The first-order valence-electron chi connectivity index (χ1n) is 8.39. The Morgan fingerprint density at radius 3 is 2.52 bits per heavy atom. The molecule has 2 aliphatic rings. The molecular formula is C20H22FNO. The minimum Gasteiger partial charge on any atom is -0.380 e. The monoisotopic (exact) mass is 311 g/mol. The molecule has 1 atom stereocenters. The summed E-state index contributed by atoms with van der Waals surface area (Å²) in [7, 11) is 0. The summed E-state index contributed by atoms with van der Waals surface area (Å²) < 4.78 is 19.3. The van der Waals surface area contributed by atoms with Crippen LogP contribution < -0.4 is 5.32 Å². The van der Waals surface area contributed by atoms with E-state index in [1.807, 2.05) is 6.07 Å². The van der Waals surface area contributed by atoms with Gasteiger partial charge in [0.05, 0.1) is 6.61 Å². The van der Waals surface area contributed by atoms with E-state index in [1.54, 1.807) is 12.1 Å². The maximum Gasteiger partial charge on any atom is 0.123 e. The lowest BCUT2D eigenvalue weighted by molar-refractivity contribution is 0.175. The van der Waals surface area contributed by atoms with Gasteiger partial charge in [-0.3, -0.25) is 0 Å². The van der Waals surface area contributed by atoms with E-state index >= 15 is 0 Å². The normalized spacial score (nSPS) is 24.0. The van der Waals surface area contributed by atoms with Crippen molar-refractivity contribution in [1.82, 2.24) is 5.32 Å².